The van der Waals surface area contributed by atoms with E-state index in [1.807, 2.05) is 0 Å². The van der Waals surface area contributed by atoms with Gasteiger partial charge in [-0.2, -0.15) is 5.10 Å². The monoisotopic (exact) mass is 478 g/mol. The first kappa shape index (κ1) is 23.4. The first-order chi connectivity index (χ1) is 14.9. The first-order valence-electron chi connectivity index (χ1n) is 9.39. The molecule has 32 heavy (non-hydrogen) atoms. The molecule has 3 rings (SSSR count). The van der Waals surface area contributed by atoms with Gasteiger partial charge in [-0.3, -0.25) is 4.68 Å². The zero-order valence-electron chi connectivity index (χ0n) is 17.8. The molecule has 2 heterocycles. The maximum Gasteiger partial charge on any atom is 0.408 e. The molecule has 2 aromatic heterocycles. The molecule has 2 N–H and O–H groups in total. The molecule has 0 saturated carbocycles. The van der Waals surface area contributed by atoms with Gasteiger partial charge in [-0.15, -0.1) is 11.3 Å². The van der Waals surface area contributed by atoms with Crippen molar-refractivity contribution in [2.75, 3.05) is 0 Å². The van der Waals surface area contributed by atoms with Crippen LogP contribution >= 0.6 is 11.3 Å². The van der Waals surface area contributed by atoms with Gasteiger partial charge in [0.1, 0.15) is 10.6 Å². The number of aromatic nitrogens is 3. The van der Waals surface area contributed by atoms with Crippen molar-refractivity contribution < 1.29 is 27.9 Å². The Morgan fingerprint density at radius 1 is 1.25 bits per heavy atom. The molecule has 12 heteroatoms. The van der Waals surface area contributed by atoms with Gasteiger partial charge in [0.2, 0.25) is 9.84 Å². The number of hydrogen-bond donors (Lipinski definition) is 2. The number of carboxylic acids is 1. The van der Waals surface area contributed by atoms with Crippen LogP contribution in [0.3, 0.4) is 0 Å². The summed E-state index contributed by atoms with van der Waals surface area (Å²) in [6.45, 7) is 5.14. The summed E-state index contributed by atoms with van der Waals surface area (Å²) in [4.78, 5) is 27.3. The normalized spacial score (nSPS) is 11.9. The number of nitrogens with one attached hydrogen (secondary N) is 1. The number of sulfone groups is 1. The van der Waals surface area contributed by atoms with Crippen molar-refractivity contribution in [2.24, 2.45) is 7.05 Å². The van der Waals surface area contributed by atoms with Crippen LogP contribution in [0, 0.1) is 0 Å². The largest absolute Gasteiger partial charge is 0.478 e. The smallest absolute Gasteiger partial charge is 0.408 e. The van der Waals surface area contributed by atoms with E-state index in [0.717, 1.165) is 11.3 Å². The molecule has 0 aliphatic rings. The predicted octanol–water partition coefficient (Wildman–Crippen LogP) is 3.10. The fourth-order valence-corrected chi connectivity index (χ4v) is 5.20. The summed E-state index contributed by atoms with van der Waals surface area (Å²) < 4.78 is 32.9. The minimum absolute atomic E-state index is 0.0270. The molecule has 0 atom stereocenters. The highest BCUT2D eigenvalue weighted by atomic mass is 32.2. The lowest BCUT2D eigenvalue weighted by Crippen LogP contribution is -2.32. The number of thiazole rings is 1. The summed E-state index contributed by atoms with van der Waals surface area (Å²) in [5.41, 5.74) is 0.141. The number of aryl methyl sites for hydroxylation is 1. The van der Waals surface area contributed by atoms with Gasteiger partial charge in [0.15, 0.2) is 5.03 Å². The van der Waals surface area contributed by atoms with Gasteiger partial charge in [0.05, 0.1) is 23.2 Å². The molecule has 0 radical (unpaired) electrons. The van der Waals surface area contributed by atoms with Crippen LogP contribution in [-0.4, -0.2) is 46.0 Å². The third kappa shape index (κ3) is 5.32. The molecule has 0 bridgehead atoms. The molecule has 0 saturated heterocycles. The molecule has 1 amide bonds. The third-order valence-electron chi connectivity index (χ3n) is 4.13. The number of nitrogens with zero attached hydrogens (tertiary/aromatic N) is 3. The number of carbonyl (C=O) groups is 2. The Morgan fingerprint density at radius 3 is 2.56 bits per heavy atom. The van der Waals surface area contributed by atoms with Gasteiger partial charge in [0.25, 0.3) is 0 Å². The van der Waals surface area contributed by atoms with E-state index >= 15 is 0 Å². The summed E-state index contributed by atoms with van der Waals surface area (Å²) in [6.07, 6.45) is 2.59. The summed E-state index contributed by atoms with van der Waals surface area (Å²) in [6, 6.07) is 4.07. The average molecular weight is 479 g/mol. The molecule has 10 nitrogen and oxygen atoms in total. The Bertz CT molecular complexity index is 1270. The molecule has 170 valence electrons. The fraction of sp³-hybridized carbons (Fsp3) is 0.300. The number of rotatable bonds is 6. The number of aromatic carboxylic acids is 1. The highest BCUT2D eigenvalue weighted by molar-refractivity contribution is 7.91. The standard InChI is InChI=1S/C20H22N4O6S2/c1-20(2,3)30-19(27)21-9-16-23-17(11-31-16)32(28,29)15-6-5-12(7-14(15)18(25)26)13-8-22-24(4)10-13/h5-8,10-11H,9H2,1-4H3,(H,21,27)(H,25,26). The van der Waals surface area contributed by atoms with Gasteiger partial charge < -0.3 is 15.2 Å². The number of carbonyl (C=O) groups excluding carboxylic acids is 1. The number of carboxylic acid groups (broad SMARTS) is 1. The van der Waals surface area contributed by atoms with E-state index in [9.17, 15) is 23.1 Å². The van der Waals surface area contributed by atoms with Crippen LogP contribution < -0.4 is 5.32 Å². The van der Waals surface area contributed by atoms with Crippen LogP contribution in [0.4, 0.5) is 4.79 Å². The maximum atomic E-state index is 13.1. The Hall–Kier alpha value is -3.25. The van der Waals surface area contributed by atoms with Crippen molar-refractivity contribution in [1.29, 1.82) is 0 Å². The van der Waals surface area contributed by atoms with Gasteiger partial charge in [-0.25, -0.2) is 23.0 Å². The molecule has 0 spiro atoms. The molecule has 0 fully saturated rings. The quantitative estimate of drug-likeness (QED) is 0.551. The van der Waals surface area contributed by atoms with Crippen LogP contribution in [0.25, 0.3) is 11.1 Å². The highest BCUT2D eigenvalue weighted by Gasteiger charge is 2.27. The summed E-state index contributed by atoms with van der Waals surface area (Å²) >= 11 is 1.03. The lowest BCUT2D eigenvalue weighted by Gasteiger charge is -2.19. The SMILES string of the molecule is Cn1cc(-c2ccc(S(=O)(=O)c3csc(CNC(=O)OC(C)(C)C)n3)c(C(=O)O)c2)cn1. The number of alkyl carbamates (subject to hydrolysis) is 1. The Morgan fingerprint density at radius 2 is 1.97 bits per heavy atom. The zero-order chi connectivity index (χ0) is 23.7. The van der Waals surface area contributed by atoms with Crippen LogP contribution in [0.5, 0.6) is 0 Å². The van der Waals surface area contributed by atoms with E-state index in [1.54, 1.807) is 44.9 Å². The summed E-state index contributed by atoms with van der Waals surface area (Å²) in [5.74, 6) is -1.38. The minimum atomic E-state index is -4.20. The summed E-state index contributed by atoms with van der Waals surface area (Å²) in [7, 11) is -2.48. The summed E-state index contributed by atoms with van der Waals surface area (Å²) in [5, 5.41) is 17.5. The molecule has 0 aliphatic heterocycles. The molecule has 0 aliphatic carbocycles. The van der Waals surface area contributed by atoms with Gasteiger partial charge in [-0.1, -0.05) is 6.07 Å². The van der Waals surface area contributed by atoms with E-state index in [-0.39, 0.29) is 22.0 Å². The van der Waals surface area contributed by atoms with E-state index < -0.39 is 27.5 Å². The molecular weight excluding hydrogens is 456 g/mol. The van der Waals surface area contributed by atoms with Crippen LogP contribution in [-0.2, 0) is 28.2 Å². The number of hydrogen-bond acceptors (Lipinski definition) is 8. The highest BCUT2D eigenvalue weighted by Crippen LogP contribution is 2.29. The van der Waals surface area contributed by atoms with Crippen LogP contribution in [0.1, 0.15) is 36.1 Å². The van der Waals surface area contributed by atoms with E-state index in [4.69, 9.17) is 4.74 Å². The number of amides is 1. The zero-order valence-corrected chi connectivity index (χ0v) is 19.5. The van der Waals surface area contributed by atoms with E-state index in [0.29, 0.717) is 16.1 Å². The van der Waals surface area contributed by atoms with Crippen molar-refractivity contribution in [2.45, 2.75) is 42.8 Å². The second-order valence-corrected chi connectivity index (χ2v) is 10.7. The number of ether oxygens (including phenoxy) is 1. The number of benzene rings is 1. The maximum absolute atomic E-state index is 13.1. The minimum Gasteiger partial charge on any atom is -0.478 e. The Kier molecular flexibility index (Phi) is 6.37. The van der Waals surface area contributed by atoms with Crippen LogP contribution in [0.2, 0.25) is 0 Å². The van der Waals surface area contributed by atoms with E-state index in [2.05, 4.69) is 15.4 Å². The topological polar surface area (TPSA) is 140 Å². The first-order valence-corrected chi connectivity index (χ1v) is 11.8. The third-order valence-corrected chi connectivity index (χ3v) is 6.82. The van der Waals surface area contributed by atoms with Gasteiger partial charge in [-0.05, 0) is 38.5 Å². The Balaban J connectivity index is 1.86. The molecular formula is C20H22N4O6S2. The van der Waals surface area contributed by atoms with Crippen molar-refractivity contribution >= 4 is 33.2 Å². The lowest BCUT2D eigenvalue weighted by molar-refractivity contribution is 0.0522. The molecule has 1 aromatic carbocycles. The van der Waals surface area contributed by atoms with Crippen molar-refractivity contribution in [3.05, 3.63) is 46.5 Å². The predicted molar refractivity (Wildman–Crippen MR) is 116 cm³/mol. The Labute approximate surface area is 188 Å². The average Bonchev–Trinajstić information content (AvgIpc) is 3.34. The van der Waals surface area contributed by atoms with Crippen molar-refractivity contribution in [3.63, 3.8) is 0 Å². The lowest BCUT2D eigenvalue weighted by atomic mass is 10.1. The van der Waals surface area contributed by atoms with Crippen molar-refractivity contribution in [1.82, 2.24) is 20.1 Å². The second kappa shape index (κ2) is 8.71. The van der Waals surface area contributed by atoms with E-state index in [1.165, 1.54) is 23.6 Å². The second-order valence-electron chi connectivity index (χ2n) is 7.86. The van der Waals surface area contributed by atoms with Gasteiger partial charge >= 0.3 is 12.1 Å². The van der Waals surface area contributed by atoms with Gasteiger partial charge in [0, 0.05) is 24.2 Å². The van der Waals surface area contributed by atoms with Crippen LogP contribution in [0.15, 0.2) is 45.9 Å². The van der Waals surface area contributed by atoms with Crippen molar-refractivity contribution in [3.8, 4) is 11.1 Å². The molecule has 0 unspecified atom stereocenters. The molecule has 3 aromatic rings. The fourth-order valence-electron chi connectivity index (χ4n) is 2.75.